The Morgan fingerprint density at radius 3 is 2.84 bits per heavy atom. The second-order valence-corrected chi connectivity index (χ2v) is 7.72. The summed E-state index contributed by atoms with van der Waals surface area (Å²) in [5.74, 6) is 0. The Morgan fingerprint density at radius 1 is 1.47 bits per heavy atom. The van der Waals surface area contributed by atoms with Crippen LogP contribution < -0.4 is 5.73 Å². The van der Waals surface area contributed by atoms with Crippen LogP contribution in [0.1, 0.15) is 18.2 Å². The van der Waals surface area contributed by atoms with Gasteiger partial charge < -0.3 is 10.6 Å². The number of piperazine rings is 1. The lowest BCUT2D eigenvalue weighted by atomic mass is 10.1. The van der Waals surface area contributed by atoms with Crippen LogP contribution in [0, 0.1) is 0 Å². The van der Waals surface area contributed by atoms with Crippen molar-refractivity contribution >= 4 is 21.4 Å². The fourth-order valence-corrected chi connectivity index (χ4v) is 5.20. The molecule has 1 unspecified atom stereocenters. The van der Waals surface area contributed by atoms with Crippen molar-refractivity contribution in [2.75, 3.05) is 26.7 Å². The van der Waals surface area contributed by atoms with Gasteiger partial charge in [-0.3, -0.25) is 0 Å². The molecule has 0 aliphatic carbocycles. The fourth-order valence-electron chi connectivity index (χ4n) is 2.42. The van der Waals surface area contributed by atoms with E-state index in [9.17, 15) is 8.42 Å². The number of thiophene rings is 1. The van der Waals surface area contributed by atoms with Gasteiger partial charge in [0.1, 0.15) is 0 Å². The quantitative estimate of drug-likeness (QED) is 0.898. The van der Waals surface area contributed by atoms with Gasteiger partial charge in [-0.1, -0.05) is 6.92 Å². The molecular formula is C12H21N3O2S2. The summed E-state index contributed by atoms with van der Waals surface area (Å²) >= 11 is 1.41. The van der Waals surface area contributed by atoms with Gasteiger partial charge >= 0.3 is 0 Å². The van der Waals surface area contributed by atoms with E-state index in [-0.39, 0.29) is 6.54 Å². The molecule has 0 spiro atoms. The van der Waals surface area contributed by atoms with Crippen molar-refractivity contribution < 1.29 is 8.42 Å². The molecule has 1 aliphatic rings. The first-order valence-corrected chi connectivity index (χ1v) is 8.79. The van der Waals surface area contributed by atoms with E-state index in [1.165, 1.54) is 11.3 Å². The smallest absolute Gasteiger partial charge is 0.244 e. The lowest BCUT2D eigenvalue weighted by molar-refractivity contribution is 0.144. The summed E-state index contributed by atoms with van der Waals surface area (Å²) in [5, 5.41) is 1.79. The number of rotatable bonds is 4. The summed E-state index contributed by atoms with van der Waals surface area (Å²) in [6.07, 6.45) is 0.954. The van der Waals surface area contributed by atoms with E-state index in [1.54, 1.807) is 15.8 Å². The van der Waals surface area contributed by atoms with Crippen LogP contribution in [0.4, 0.5) is 0 Å². The third-order valence-electron chi connectivity index (χ3n) is 3.72. The van der Waals surface area contributed by atoms with Gasteiger partial charge in [0.05, 0.1) is 4.90 Å². The lowest BCUT2D eigenvalue weighted by Crippen LogP contribution is -2.52. The molecule has 108 valence electrons. The zero-order valence-electron chi connectivity index (χ0n) is 11.4. The first kappa shape index (κ1) is 14.9. The van der Waals surface area contributed by atoms with Crippen molar-refractivity contribution in [2.24, 2.45) is 5.73 Å². The highest BCUT2D eigenvalue weighted by Crippen LogP contribution is 2.26. The van der Waals surface area contributed by atoms with Crippen molar-refractivity contribution in [2.45, 2.75) is 30.8 Å². The molecule has 1 fully saturated rings. The highest BCUT2D eigenvalue weighted by molar-refractivity contribution is 7.89. The monoisotopic (exact) mass is 303 g/mol. The summed E-state index contributed by atoms with van der Waals surface area (Å²) in [6.45, 7) is 4.26. The molecule has 1 aliphatic heterocycles. The zero-order valence-corrected chi connectivity index (χ0v) is 13.0. The number of likely N-dealkylation sites (N-methyl/N-ethyl adjacent to an activating group) is 1. The van der Waals surface area contributed by atoms with Crippen LogP contribution in [0.3, 0.4) is 0 Å². The van der Waals surface area contributed by atoms with Crippen LogP contribution in [-0.4, -0.2) is 50.3 Å². The highest BCUT2D eigenvalue weighted by Gasteiger charge is 2.33. The molecule has 5 nitrogen and oxygen atoms in total. The van der Waals surface area contributed by atoms with Crippen LogP contribution >= 0.6 is 11.3 Å². The predicted octanol–water partition coefficient (Wildman–Crippen LogP) is 0.922. The molecule has 2 heterocycles. The van der Waals surface area contributed by atoms with Gasteiger partial charge in [-0.05, 0) is 24.9 Å². The van der Waals surface area contributed by atoms with E-state index in [0.29, 0.717) is 24.0 Å². The molecular weight excluding hydrogens is 282 g/mol. The average Bonchev–Trinajstić information content (AvgIpc) is 2.88. The number of nitrogens with zero attached hydrogens (tertiary/aromatic N) is 2. The largest absolute Gasteiger partial charge is 0.326 e. The van der Waals surface area contributed by atoms with Gasteiger partial charge in [0.2, 0.25) is 10.0 Å². The topological polar surface area (TPSA) is 66.6 Å². The molecule has 1 atom stereocenters. The SMILES string of the molecule is CCC1CN(S(=O)(=O)c2ccsc2CN)CCN1C. The lowest BCUT2D eigenvalue weighted by Gasteiger charge is -2.38. The first-order chi connectivity index (χ1) is 9.00. The maximum Gasteiger partial charge on any atom is 0.244 e. The second kappa shape index (κ2) is 5.88. The standard InChI is InChI=1S/C12H21N3O2S2/c1-3-10-9-15(6-5-14(10)2)19(16,17)12-4-7-18-11(12)8-13/h4,7,10H,3,5-6,8-9,13H2,1-2H3. The Kier molecular flexibility index (Phi) is 4.62. The van der Waals surface area contributed by atoms with Crippen molar-refractivity contribution in [1.29, 1.82) is 0 Å². The molecule has 0 amide bonds. The molecule has 1 saturated heterocycles. The van der Waals surface area contributed by atoms with E-state index >= 15 is 0 Å². The highest BCUT2D eigenvalue weighted by atomic mass is 32.2. The Balaban J connectivity index is 2.25. The second-order valence-electron chi connectivity index (χ2n) is 4.82. The van der Waals surface area contributed by atoms with E-state index in [4.69, 9.17) is 5.73 Å². The number of hydrogen-bond donors (Lipinski definition) is 1. The van der Waals surface area contributed by atoms with E-state index in [0.717, 1.165) is 17.8 Å². The van der Waals surface area contributed by atoms with Crippen LogP contribution in [0.25, 0.3) is 0 Å². The molecule has 0 radical (unpaired) electrons. The van der Waals surface area contributed by atoms with Crippen LogP contribution in [-0.2, 0) is 16.6 Å². The minimum Gasteiger partial charge on any atom is -0.326 e. The molecule has 7 heteroatoms. The summed E-state index contributed by atoms with van der Waals surface area (Å²) in [6, 6.07) is 1.96. The van der Waals surface area contributed by atoms with Gasteiger partial charge in [0.15, 0.2) is 0 Å². The first-order valence-electron chi connectivity index (χ1n) is 6.47. The molecule has 1 aromatic rings. The third kappa shape index (κ3) is 2.85. The fraction of sp³-hybridized carbons (Fsp3) is 0.667. The van der Waals surface area contributed by atoms with Crippen molar-refractivity contribution in [1.82, 2.24) is 9.21 Å². The minimum absolute atomic E-state index is 0.275. The van der Waals surface area contributed by atoms with E-state index in [2.05, 4.69) is 11.8 Å². The molecule has 1 aromatic heterocycles. The zero-order chi connectivity index (χ0) is 14.0. The predicted molar refractivity (Wildman–Crippen MR) is 77.7 cm³/mol. The molecule has 0 aromatic carbocycles. The van der Waals surface area contributed by atoms with E-state index < -0.39 is 10.0 Å². The Bertz CT molecular complexity index is 527. The molecule has 0 saturated carbocycles. The number of hydrogen-bond acceptors (Lipinski definition) is 5. The van der Waals surface area contributed by atoms with Gasteiger partial charge in [0.25, 0.3) is 0 Å². The molecule has 2 N–H and O–H groups in total. The Labute approximate surface area is 119 Å². The van der Waals surface area contributed by atoms with Crippen LogP contribution in [0.2, 0.25) is 0 Å². The van der Waals surface area contributed by atoms with Crippen molar-refractivity contribution in [3.8, 4) is 0 Å². The summed E-state index contributed by atoms with van der Waals surface area (Å²) < 4.78 is 26.9. The van der Waals surface area contributed by atoms with E-state index in [1.807, 2.05) is 7.05 Å². The maximum absolute atomic E-state index is 12.7. The van der Waals surface area contributed by atoms with Crippen molar-refractivity contribution in [3.05, 3.63) is 16.3 Å². The molecule has 19 heavy (non-hydrogen) atoms. The van der Waals surface area contributed by atoms with Gasteiger partial charge in [0, 0.05) is 37.1 Å². The third-order valence-corrected chi connectivity index (χ3v) is 6.74. The summed E-state index contributed by atoms with van der Waals surface area (Å²) in [7, 11) is -1.34. The molecule has 0 bridgehead atoms. The number of nitrogens with two attached hydrogens (primary N) is 1. The van der Waals surface area contributed by atoms with Gasteiger partial charge in [-0.2, -0.15) is 4.31 Å². The van der Waals surface area contributed by atoms with Crippen LogP contribution in [0.15, 0.2) is 16.3 Å². The Hall–Kier alpha value is -0.470. The normalized spacial score (nSPS) is 22.8. The minimum atomic E-state index is -3.39. The van der Waals surface area contributed by atoms with Gasteiger partial charge in [-0.25, -0.2) is 8.42 Å². The summed E-state index contributed by atoms with van der Waals surface area (Å²) in [4.78, 5) is 3.36. The number of sulfonamides is 1. The maximum atomic E-state index is 12.7. The van der Waals surface area contributed by atoms with Crippen LogP contribution in [0.5, 0.6) is 0 Å². The summed E-state index contributed by atoms with van der Waals surface area (Å²) in [5.41, 5.74) is 5.62. The van der Waals surface area contributed by atoms with Gasteiger partial charge in [-0.15, -0.1) is 11.3 Å². The van der Waals surface area contributed by atoms with Crippen molar-refractivity contribution in [3.63, 3.8) is 0 Å². The average molecular weight is 303 g/mol. The molecule has 2 rings (SSSR count). The Morgan fingerprint density at radius 2 is 2.21 bits per heavy atom.